The van der Waals surface area contributed by atoms with Crippen molar-refractivity contribution in [3.63, 3.8) is 0 Å². The van der Waals surface area contributed by atoms with E-state index in [1.807, 2.05) is 6.07 Å². The Morgan fingerprint density at radius 2 is 1.54 bits per heavy atom. The molecule has 1 N–H and O–H groups in total. The molecule has 4 rings (SSSR count). The van der Waals surface area contributed by atoms with Crippen LogP contribution in [0.4, 0.5) is 0 Å². The van der Waals surface area contributed by atoms with Crippen LogP contribution in [0.3, 0.4) is 0 Å². The van der Waals surface area contributed by atoms with Crippen LogP contribution in [0, 0.1) is 0 Å². The van der Waals surface area contributed by atoms with E-state index in [9.17, 15) is 4.79 Å². The number of aromatic nitrogens is 1. The van der Waals surface area contributed by atoms with Gasteiger partial charge in [-0.1, -0.05) is 51.4 Å². The van der Waals surface area contributed by atoms with Gasteiger partial charge in [0.2, 0.25) is 0 Å². The highest BCUT2D eigenvalue weighted by molar-refractivity contribution is 6.35. The van der Waals surface area contributed by atoms with Crippen molar-refractivity contribution in [2.45, 2.75) is 51.4 Å². The molecular formula is C24H24ClNO2. The third-order valence-corrected chi connectivity index (χ3v) is 6.47. The van der Waals surface area contributed by atoms with Gasteiger partial charge >= 0.3 is 5.97 Å². The summed E-state index contributed by atoms with van der Waals surface area (Å²) in [5.41, 5.74) is 5.67. The van der Waals surface area contributed by atoms with E-state index in [2.05, 4.69) is 39.8 Å². The smallest absolute Gasteiger partial charge is 0.335 e. The van der Waals surface area contributed by atoms with Gasteiger partial charge in [0.1, 0.15) is 0 Å². The summed E-state index contributed by atoms with van der Waals surface area (Å²) >= 11 is 6.67. The first-order valence-corrected chi connectivity index (χ1v) is 9.95. The minimum Gasteiger partial charge on any atom is -0.478 e. The Morgan fingerprint density at radius 1 is 0.964 bits per heavy atom. The van der Waals surface area contributed by atoms with Crippen molar-refractivity contribution in [3.8, 4) is 11.3 Å². The molecule has 0 bridgehead atoms. The van der Waals surface area contributed by atoms with E-state index < -0.39 is 5.97 Å². The van der Waals surface area contributed by atoms with Crippen LogP contribution >= 0.6 is 11.6 Å². The first kappa shape index (κ1) is 18.9. The van der Waals surface area contributed by atoms with Gasteiger partial charge in [-0.25, -0.2) is 9.78 Å². The Kier molecular flexibility index (Phi) is 4.27. The van der Waals surface area contributed by atoms with E-state index in [0.29, 0.717) is 5.02 Å². The number of halogens is 1. The van der Waals surface area contributed by atoms with Crippen molar-refractivity contribution in [3.05, 3.63) is 64.2 Å². The summed E-state index contributed by atoms with van der Waals surface area (Å²) in [4.78, 5) is 16.0. The molecule has 28 heavy (non-hydrogen) atoms. The maximum absolute atomic E-state index is 11.1. The van der Waals surface area contributed by atoms with E-state index in [1.165, 1.54) is 11.1 Å². The number of rotatable bonds is 2. The van der Waals surface area contributed by atoms with Crippen molar-refractivity contribution >= 4 is 28.5 Å². The Morgan fingerprint density at radius 3 is 2.11 bits per heavy atom. The molecule has 0 spiro atoms. The number of carboxylic acids is 1. The molecule has 0 amide bonds. The van der Waals surface area contributed by atoms with Crippen molar-refractivity contribution in [1.82, 2.24) is 4.98 Å². The van der Waals surface area contributed by atoms with Gasteiger partial charge in [-0.15, -0.1) is 0 Å². The van der Waals surface area contributed by atoms with Crippen molar-refractivity contribution in [2.24, 2.45) is 0 Å². The first-order valence-electron chi connectivity index (χ1n) is 9.57. The molecule has 0 saturated carbocycles. The molecule has 0 fully saturated rings. The summed E-state index contributed by atoms with van der Waals surface area (Å²) in [5.74, 6) is -0.937. The number of carboxylic acid groups (broad SMARTS) is 1. The molecule has 3 nitrogen and oxygen atoms in total. The largest absolute Gasteiger partial charge is 0.478 e. The lowest BCUT2D eigenvalue weighted by Gasteiger charge is -2.42. The number of carbonyl (C=O) groups is 1. The minimum atomic E-state index is -0.937. The number of benzene rings is 2. The molecule has 4 heteroatoms. The molecule has 2 aromatic carbocycles. The number of nitrogens with zero attached hydrogens (tertiary/aromatic N) is 1. The summed E-state index contributed by atoms with van der Waals surface area (Å²) in [6.07, 6.45) is 2.29. The summed E-state index contributed by atoms with van der Waals surface area (Å²) in [6, 6.07) is 13.0. The van der Waals surface area contributed by atoms with Crippen LogP contribution in [-0.2, 0) is 10.8 Å². The third kappa shape index (κ3) is 3.08. The maximum Gasteiger partial charge on any atom is 0.335 e. The molecule has 1 aromatic heterocycles. The zero-order valence-electron chi connectivity index (χ0n) is 16.6. The van der Waals surface area contributed by atoms with Crippen LogP contribution in [0.5, 0.6) is 0 Å². The minimum absolute atomic E-state index is 0.104. The van der Waals surface area contributed by atoms with Gasteiger partial charge in [-0.3, -0.25) is 0 Å². The van der Waals surface area contributed by atoms with E-state index >= 15 is 0 Å². The fraction of sp³-hybridized carbons (Fsp3) is 0.333. The zero-order valence-corrected chi connectivity index (χ0v) is 17.4. The average Bonchev–Trinajstić information content (AvgIpc) is 2.65. The Labute approximate surface area is 170 Å². The number of hydrogen-bond donors (Lipinski definition) is 1. The summed E-state index contributed by atoms with van der Waals surface area (Å²) in [6.45, 7) is 9.19. The Bertz CT molecular complexity index is 1100. The quantitative estimate of drug-likeness (QED) is 0.533. The van der Waals surface area contributed by atoms with Crippen LogP contribution in [0.2, 0.25) is 5.02 Å². The highest BCUT2D eigenvalue weighted by Gasteiger charge is 2.37. The zero-order chi connectivity index (χ0) is 20.3. The van der Waals surface area contributed by atoms with Crippen LogP contribution in [0.15, 0.2) is 42.5 Å². The number of fused-ring (bicyclic) bond motifs is 2. The molecule has 0 atom stereocenters. The van der Waals surface area contributed by atoms with Gasteiger partial charge in [-0.05, 0) is 65.1 Å². The molecule has 1 aliphatic rings. The second-order valence-electron chi connectivity index (χ2n) is 9.05. The van der Waals surface area contributed by atoms with E-state index in [4.69, 9.17) is 21.7 Å². The number of aromatic carboxylic acids is 1. The highest BCUT2D eigenvalue weighted by atomic mass is 35.5. The maximum atomic E-state index is 11.1. The predicted molar refractivity (Wildman–Crippen MR) is 114 cm³/mol. The third-order valence-electron chi connectivity index (χ3n) is 6.16. The van der Waals surface area contributed by atoms with Gasteiger partial charge in [-0.2, -0.15) is 0 Å². The standard InChI is InChI=1S/C24H24ClNO2/c1-23(2)9-10-24(3,4)18-12-21-16(11-17(18)23)19(25)13-20(26-21)14-5-7-15(8-6-14)22(27)28/h5-8,11-13H,9-10H2,1-4H3,(H,27,28). The summed E-state index contributed by atoms with van der Waals surface area (Å²) in [7, 11) is 0. The van der Waals surface area contributed by atoms with Crippen LogP contribution in [-0.4, -0.2) is 16.1 Å². The Balaban J connectivity index is 1.90. The molecule has 0 radical (unpaired) electrons. The first-order chi connectivity index (χ1) is 13.1. The van der Waals surface area contributed by atoms with Gasteiger partial charge in [0.15, 0.2) is 0 Å². The van der Waals surface area contributed by atoms with Gasteiger partial charge in [0, 0.05) is 10.9 Å². The van der Waals surface area contributed by atoms with Crippen LogP contribution in [0.1, 0.15) is 62.0 Å². The van der Waals surface area contributed by atoms with Crippen molar-refractivity contribution in [1.29, 1.82) is 0 Å². The fourth-order valence-electron chi connectivity index (χ4n) is 4.18. The highest BCUT2D eigenvalue weighted by Crippen LogP contribution is 2.47. The molecule has 0 saturated heterocycles. The predicted octanol–water partition coefficient (Wildman–Crippen LogP) is 6.60. The molecule has 0 aliphatic heterocycles. The molecule has 1 aliphatic carbocycles. The van der Waals surface area contributed by atoms with E-state index in [-0.39, 0.29) is 16.4 Å². The summed E-state index contributed by atoms with van der Waals surface area (Å²) in [5, 5.41) is 10.7. The van der Waals surface area contributed by atoms with Crippen molar-refractivity contribution in [2.75, 3.05) is 0 Å². The summed E-state index contributed by atoms with van der Waals surface area (Å²) < 4.78 is 0. The Hall–Kier alpha value is -2.39. The van der Waals surface area contributed by atoms with Crippen LogP contribution < -0.4 is 0 Å². The lowest BCUT2D eigenvalue weighted by atomic mass is 9.63. The fourth-order valence-corrected chi connectivity index (χ4v) is 4.43. The molecular weight excluding hydrogens is 370 g/mol. The molecule has 1 heterocycles. The monoisotopic (exact) mass is 393 g/mol. The molecule has 0 unspecified atom stereocenters. The van der Waals surface area contributed by atoms with Gasteiger partial charge in [0.25, 0.3) is 0 Å². The topological polar surface area (TPSA) is 50.2 Å². The molecule has 144 valence electrons. The van der Waals surface area contributed by atoms with Crippen LogP contribution in [0.25, 0.3) is 22.2 Å². The number of pyridine rings is 1. The number of hydrogen-bond acceptors (Lipinski definition) is 2. The normalized spacial score (nSPS) is 17.3. The average molecular weight is 394 g/mol. The van der Waals surface area contributed by atoms with E-state index in [1.54, 1.807) is 24.3 Å². The molecule has 3 aromatic rings. The second kappa shape index (κ2) is 6.31. The SMILES string of the molecule is CC1(C)CCC(C)(C)c2cc3c(Cl)cc(-c4ccc(C(=O)O)cc4)nc3cc21. The lowest BCUT2D eigenvalue weighted by molar-refractivity contribution is 0.0697. The van der Waals surface area contributed by atoms with Gasteiger partial charge in [0.05, 0.1) is 21.8 Å². The van der Waals surface area contributed by atoms with E-state index in [0.717, 1.165) is 35.0 Å². The van der Waals surface area contributed by atoms with Crippen molar-refractivity contribution < 1.29 is 9.90 Å². The van der Waals surface area contributed by atoms with Gasteiger partial charge < -0.3 is 5.11 Å². The second-order valence-corrected chi connectivity index (χ2v) is 9.46. The lowest BCUT2D eigenvalue weighted by Crippen LogP contribution is -2.33.